The monoisotopic (exact) mass is 328 g/mol. The fourth-order valence-corrected chi connectivity index (χ4v) is 2.73. The Morgan fingerprint density at radius 1 is 0.958 bits per heavy atom. The molecule has 128 valence electrons. The number of Topliss-reactive ketones (excluding diaryl/α,β-unsaturated/α-hetero) is 1. The molecule has 0 bridgehead atoms. The van der Waals surface area contributed by atoms with Gasteiger partial charge in [-0.2, -0.15) is 0 Å². The van der Waals surface area contributed by atoms with E-state index >= 15 is 0 Å². The molecule has 1 atom stereocenters. The molecule has 0 saturated carbocycles. The third-order valence-corrected chi connectivity index (χ3v) is 3.90. The van der Waals surface area contributed by atoms with Gasteiger partial charge in [0.1, 0.15) is 11.5 Å². The van der Waals surface area contributed by atoms with Crippen LogP contribution in [0.1, 0.15) is 37.3 Å². The lowest BCUT2D eigenvalue weighted by Crippen LogP contribution is -2.07. The fraction of sp³-hybridized carbons (Fsp3) is 0.350. The first-order valence-electron chi connectivity index (χ1n) is 8.03. The number of rotatable bonds is 8. The van der Waals surface area contributed by atoms with Gasteiger partial charge in [0.15, 0.2) is 11.5 Å². The highest BCUT2D eigenvalue weighted by atomic mass is 16.5. The van der Waals surface area contributed by atoms with Crippen molar-refractivity contribution < 1.29 is 19.0 Å². The van der Waals surface area contributed by atoms with E-state index in [0.29, 0.717) is 24.5 Å². The lowest BCUT2D eigenvalue weighted by molar-refractivity contribution is -0.117. The van der Waals surface area contributed by atoms with Gasteiger partial charge >= 0.3 is 0 Å². The topological polar surface area (TPSA) is 44.8 Å². The van der Waals surface area contributed by atoms with E-state index in [9.17, 15) is 4.79 Å². The van der Waals surface area contributed by atoms with Crippen molar-refractivity contribution in [1.29, 1.82) is 0 Å². The van der Waals surface area contributed by atoms with E-state index in [1.165, 1.54) is 0 Å². The second-order valence-electron chi connectivity index (χ2n) is 5.58. The van der Waals surface area contributed by atoms with Crippen LogP contribution in [0.2, 0.25) is 0 Å². The summed E-state index contributed by atoms with van der Waals surface area (Å²) < 4.78 is 16.2. The van der Waals surface area contributed by atoms with Gasteiger partial charge in [-0.25, -0.2) is 0 Å². The van der Waals surface area contributed by atoms with Gasteiger partial charge in [-0.15, -0.1) is 0 Å². The molecule has 0 radical (unpaired) electrons. The molecule has 0 amide bonds. The molecule has 1 unspecified atom stereocenters. The lowest BCUT2D eigenvalue weighted by atomic mass is 9.87. The Bertz CT molecular complexity index is 677. The SMILES string of the molecule is CCOc1cc(C(CC(C)=O)c2ccc(OC)cc2)ccc1OC. The van der Waals surface area contributed by atoms with Crippen LogP contribution in [0, 0.1) is 0 Å². The Kier molecular flexibility index (Phi) is 6.24. The van der Waals surface area contributed by atoms with Crippen LogP contribution in [0.15, 0.2) is 42.5 Å². The molecule has 0 aliphatic carbocycles. The first-order valence-corrected chi connectivity index (χ1v) is 8.03. The van der Waals surface area contributed by atoms with Crippen LogP contribution in [0.25, 0.3) is 0 Å². The van der Waals surface area contributed by atoms with Crippen molar-refractivity contribution >= 4 is 5.78 Å². The quantitative estimate of drug-likeness (QED) is 0.728. The molecule has 0 aromatic heterocycles. The highest BCUT2D eigenvalue weighted by Gasteiger charge is 2.18. The summed E-state index contributed by atoms with van der Waals surface area (Å²) in [5, 5.41) is 0. The summed E-state index contributed by atoms with van der Waals surface area (Å²) in [7, 11) is 3.26. The van der Waals surface area contributed by atoms with Crippen molar-refractivity contribution in [3.05, 3.63) is 53.6 Å². The molecule has 2 aromatic carbocycles. The van der Waals surface area contributed by atoms with Crippen molar-refractivity contribution in [3.8, 4) is 17.2 Å². The maximum absolute atomic E-state index is 11.8. The first-order chi connectivity index (χ1) is 11.6. The molecular weight excluding hydrogens is 304 g/mol. The number of ketones is 1. The van der Waals surface area contributed by atoms with Gasteiger partial charge < -0.3 is 14.2 Å². The highest BCUT2D eigenvalue weighted by Crippen LogP contribution is 2.35. The van der Waals surface area contributed by atoms with Crippen molar-refractivity contribution in [3.63, 3.8) is 0 Å². The minimum absolute atomic E-state index is 0.0291. The van der Waals surface area contributed by atoms with Crippen LogP contribution in [0.5, 0.6) is 17.2 Å². The predicted molar refractivity (Wildman–Crippen MR) is 94.3 cm³/mol. The van der Waals surface area contributed by atoms with Crippen LogP contribution < -0.4 is 14.2 Å². The van der Waals surface area contributed by atoms with Crippen LogP contribution >= 0.6 is 0 Å². The van der Waals surface area contributed by atoms with Gasteiger partial charge in [-0.3, -0.25) is 4.79 Å². The summed E-state index contributed by atoms with van der Waals surface area (Å²) >= 11 is 0. The molecule has 0 N–H and O–H groups in total. The van der Waals surface area contributed by atoms with Crippen molar-refractivity contribution in [2.45, 2.75) is 26.2 Å². The normalized spacial score (nSPS) is 11.7. The van der Waals surface area contributed by atoms with Crippen LogP contribution in [-0.4, -0.2) is 26.6 Å². The van der Waals surface area contributed by atoms with Crippen LogP contribution in [0.4, 0.5) is 0 Å². The smallest absolute Gasteiger partial charge is 0.161 e. The summed E-state index contributed by atoms with van der Waals surface area (Å²) in [6.07, 6.45) is 0.435. The van der Waals surface area contributed by atoms with E-state index in [1.54, 1.807) is 21.1 Å². The molecule has 0 aliphatic rings. The number of hydrogen-bond acceptors (Lipinski definition) is 4. The summed E-state index contributed by atoms with van der Waals surface area (Å²) in [4.78, 5) is 11.8. The number of hydrogen-bond donors (Lipinski definition) is 0. The number of ether oxygens (including phenoxy) is 3. The van der Waals surface area contributed by atoms with Crippen LogP contribution in [-0.2, 0) is 4.79 Å². The Morgan fingerprint density at radius 2 is 1.62 bits per heavy atom. The number of benzene rings is 2. The molecule has 24 heavy (non-hydrogen) atoms. The minimum Gasteiger partial charge on any atom is -0.497 e. The van der Waals surface area contributed by atoms with E-state index in [1.807, 2.05) is 49.4 Å². The highest BCUT2D eigenvalue weighted by molar-refractivity contribution is 5.77. The molecule has 2 aromatic rings. The standard InChI is InChI=1S/C20H24O4/c1-5-24-20-13-16(8-11-19(20)23-4)18(12-14(2)21)15-6-9-17(22-3)10-7-15/h6-11,13,18H,5,12H2,1-4H3. The Balaban J connectivity index is 2.43. The molecule has 0 aliphatic heterocycles. The van der Waals surface area contributed by atoms with E-state index in [-0.39, 0.29) is 11.7 Å². The Hall–Kier alpha value is -2.49. The summed E-state index contributed by atoms with van der Waals surface area (Å²) in [5.41, 5.74) is 2.10. The lowest BCUT2D eigenvalue weighted by Gasteiger charge is -2.19. The average Bonchev–Trinajstić information content (AvgIpc) is 2.60. The molecule has 4 heteroatoms. The zero-order chi connectivity index (χ0) is 17.5. The molecule has 0 spiro atoms. The number of methoxy groups -OCH3 is 2. The van der Waals surface area contributed by atoms with E-state index < -0.39 is 0 Å². The molecule has 0 saturated heterocycles. The summed E-state index contributed by atoms with van der Waals surface area (Å²) in [5.74, 6) is 2.30. The van der Waals surface area contributed by atoms with Gasteiger partial charge in [0.25, 0.3) is 0 Å². The maximum atomic E-state index is 11.8. The van der Waals surface area contributed by atoms with Crippen molar-refractivity contribution in [1.82, 2.24) is 0 Å². The van der Waals surface area contributed by atoms with E-state index in [4.69, 9.17) is 14.2 Å². The van der Waals surface area contributed by atoms with Gasteiger partial charge in [-0.1, -0.05) is 18.2 Å². The number of carbonyl (C=O) groups excluding carboxylic acids is 1. The second-order valence-corrected chi connectivity index (χ2v) is 5.58. The molecule has 0 fully saturated rings. The molecule has 4 nitrogen and oxygen atoms in total. The van der Waals surface area contributed by atoms with Gasteiger partial charge in [0.2, 0.25) is 0 Å². The maximum Gasteiger partial charge on any atom is 0.161 e. The van der Waals surface area contributed by atoms with Gasteiger partial charge in [0.05, 0.1) is 20.8 Å². The van der Waals surface area contributed by atoms with Crippen molar-refractivity contribution in [2.75, 3.05) is 20.8 Å². The Morgan fingerprint density at radius 3 is 2.17 bits per heavy atom. The predicted octanol–water partition coefficient (Wildman–Crippen LogP) is 4.21. The average molecular weight is 328 g/mol. The molecular formula is C20H24O4. The number of carbonyl (C=O) groups is 1. The Labute approximate surface area is 143 Å². The molecule has 2 rings (SSSR count). The second kappa shape index (κ2) is 8.39. The third kappa shape index (κ3) is 4.28. The first kappa shape index (κ1) is 17.9. The third-order valence-electron chi connectivity index (χ3n) is 3.90. The summed E-state index contributed by atoms with van der Waals surface area (Å²) in [6, 6.07) is 13.6. The fourth-order valence-electron chi connectivity index (χ4n) is 2.73. The van der Waals surface area contributed by atoms with Gasteiger partial charge in [0, 0.05) is 12.3 Å². The molecule has 0 heterocycles. The zero-order valence-corrected chi connectivity index (χ0v) is 14.7. The van der Waals surface area contributed by atoms with E-state index in [0.717, 1.165) is 16.9 Å². The van der Waals surface area contributed by atoms with E-state index in [2.05, 4.69) is 0 Å². The minimum atomic E-state index is -0.0291. The summed E-state index contributed by atoms with van der Waals surface area (Å²) in [6.45, 7) is 4.10. The van der Waals surface area contributed by atoms with Crippen molar-refractivity contribution in [2.24, 2.45) is 0 Å². The largest absolute Gasteiger partial charge is 0.497 e. The van der Waals surface area contributed by atoms with Gasteiger partial charge in [-0.05, 0) is 49.2 Å². The van der Waals surface area contributed by atoms with Crippen LogP contribution in [0.3, 0.4) is 0 Å². The zero-order valence-electron chi connectivity index (χ0n) is 14.7.